The van der Waals surface area contributed by atoms with Gasteiger partial charge in [0.2, 0.25) is 5.91 Å². The van der Waals surface area contributed by atoms with Crippen LogP contribution in [0.15, 0.2) is 82.7 Å². The number of rotatable bonds is 6. The Morgan fingerprint density at radius 2 is 1.84 bits per heavy atom. The van der Waals surface area contributed by atoms with E-state index in [2.05, 4.69) is 5.32 Å². The molecular formula is C24H20ClN3O3S. The minimum Gasteiger partial charge on any atom is -0.497 e. The summed E-state index contributed by atoms with van der Waals surface area (Å²) in [6.45, 7) is 1.77. The van der Waals surface area contributed by atoms with Crippen molar-refractivity contribution < 1.29 is 9.53 Å². The number of fused-ring (bicyclic) bond motifs is 1. The summed E-state index contributed by atoms with van der Waals surface area (Å²) in [6.07, 6.45) is 0. The van der Waals surface area contributed by atoms with Gasteiger partial charge in [-0.3, -0.25) is 14.2 Å². The molecule has 0 aliphatic heterocycles. The number of thioether (sulfide) groups is 1. The summed E-state index contributed by atoms with van der Waals surface area (Å²) < 4.78 is 6.84. The lowest BCUT2D eigenvalue weighted by molar-refractivity contribution is -0.115. The van der Waals surface area contributed by atoms with Gasteiger partial charge in [0, 0.05) is 16.8 Å². The highest BCUT2D eigenvalue weighted by Crippen LogP contribution is 2.27. The molecule has 1 atom stereocenters. The summed E-state index contributed by atoms with van der Waals surface area (Å²) >= 11 is 7.12. The second-order valence-electron chi connectivity index (χ2n) is 7.01. The number of carbonyl (C=O) groups is 1. The quantitative estimate of drug-likeness (QED) is 0.314. The van der Waals surface area contributed by atoms with Crippen LogP contribution in [0.25, 0.3) is 16.6 Å². The molecule has 4 aromatic rings. The van der Waals surface area contributed by atoms with Gasteiger partial charge in [-0.05, 0) is 55.5 Å². The molecule has 32 heavy (non-hydrogen) atoms. The van der Waals surface area contributed by atoms with E-state index in [4.69, 9.17) is 21.3 Å². The van der Waals surface area contributed by atoms with E-state index in [0.717, 1.165) is 0 Å². The molecule has 162 valence electrons. The van der Waals surface area contributed by atoms with E-state index in [1.807, 2.05) is 12.1 Å². The summed E-state index contributed by atoms with van der Waals surface area (Å²) in [4.78, 5) is 30.9. The van der Waals surface area contributed by atoms with Gasteiger partial charge < -0.3 is 10.1 Å². The number of carbonyl (C=O) groups excluding carboxylic acids is 1. The van der Waals surface area contributed by atoms with Gasteiger partial charge in [0.25, 0.3) is 5.56 Å². The van der Waals surface area contributed by atoms with Gasteiger partial charge in [0.05, 0.1) is 29.0 Å². The first-order chi connectivity index (χ1) is 15.5. The molecule has 4 rings (SSSR count). The lowest BCUT2D eigenvalue weighted by Gasteiger charge is -2.17. The number of hydrogen-bond donors (Lipinski definition) is 1. The van der Waals surface area contributed by atoms with Crippen molar-refractivity contribution in [2.45, 2.75) is 17.3 Å². The van der Waals surface area contributed by atoms with E-state index in [1.165, 1.54) is 16.3 Å². The molecule has 1 N–H and O–H groups in total. The van der Waals surface area contributed by atoms with Crippen LogP contribution in [0.3, 0.4) is 0 Å². The van der Waals surface area contributed by atoms with Crippen molar-refractivity contribution in [2.24, 2.45) is 0 Å². The maximum Gasteiger partial charge on any atom is 0.266 e. The van der Waals surface area contributed by atoms with Gasteiger partial charge in [-0.15, -0.1) is 0 Å². The molecule has 0 radical (unpaired) electrons. The number of nitrogens with zero attached hydrogens (tertiary/aromatic N) is 2. The molecule has 0 fully saturated rings. The Kier molecular flexibility index (Phi) is 6.48. The van der Waals surface area contributed by atoms with E-state index in [-0.39, 0.29) is 11.5 Å². The molecule has 0 saturated carbocycles. The highest BCUT2D eigenvalue weighted by Gasteiger charge is 2.20. The minimum atomic E-state index is -0.518. The second-order valence-corrected chi connectivity index (χ2v) is 8.75. The highest BCUT2D eigenvalue weighted by molar-refractivity contribution is 8.00. The number of methoxy groups -OCH3 is 1. The predicted octanol–water partition coefficient (Wildman–Crippen LogP) is 5.17. The number of nitrogens with one attached hydrogen (secondary N) is 1. The van der Waals surface area contributed by atoms with Gasteiger partial charge in [0.1, 0.15) is 5.75 Å². The van der Waals surface area contributed by atoms with Crippen LogP contribution in [0.1, 0.15) is 6.92 Å². The second kappa shape index (κ2) is 9.46. The zero-order valence-corrected chi connectivity index (χ0v) is 19.0. The first-order valence-corrected chi connectivity index (χ1v) is 11.1. The average Bonchev–Trinajstić information content (AvgIpc) is 2.80. The molecule has 0 saturated heterocycles. The Morgan fingerprint density at radius 3 is 2.59 bits per heavy atom. The normalized spacial score (nSPS) is 11.8. The number of benzene rings is 3. The smallest absolute Gasteiger partial charge is 0.266 e. The van der Waals surface area contributed by atoms with Crippen LogP contribution in [0.2, 0.25) is 5.02 Å². The van der Waals surface area contributed by atoms with E-state index in [1.54, 1.807) is 74.7 Å². The molecule has 3 aromatic carbocycles. The zero-order chi connectivity index (χ0) is 22.7. The Morgan fingerprint density at radius 1 is 1.09 bits per heavy atom. The summed E-state index contributed by atoms with van der Waals surface area (Å²) in [6, 6.07) is 21.2. The van der Waals surface area contributed by atoms with Crippen molar-refractivity contribution in [3.63, 3.8) is 0 Å². The van der Waals surface area contributed by atoms with Gasteiger partial charge in [-0.25, -0.2) is 4.98 Å². The molecule has 0 aliphatic rings. The SMILES string of the molecule is COc1cccc(-n2c(SC(C)C(=O)Nc3ccc(Cl)cc3)nc3ccccc3c2=O)c1. The van der Waals surface area contributed by atoms with Crippen molar-refractivity contribution in [3.05, 3.63) is 88.2 Å². The van der Waals surface area contributed by atoms with Crippen LogP contribution in [0.4, 0.5) is 5.69 Å². The number of para-hydroxylation sites is 1. The molecule has 1 heterocycles. The Labute approximate surface area is 194 Å². The summed E-state index contributed by atoms with van der Waals surface area (Å²) in [7, 11) is 1.57. The molecule has 1 amide bonds. The Bertz CT molecular complexity index is 1340. The van der Waals surface area contributed by atoms with Gasteiger partial charge >= 0.3 is 0 Å². The van der Waals surface area contributed by atoms with Crippen LogP contribution >= 0.6 is 23.4 Å². The predicted molar refractivity (Wildman–Crippen MR) is 129 cm³/mol. The summed E-state index contributed by atoms with van der Waals surface area (Å²) in [5.41, 5.74) is 1.62. The number of aromatic nitrogens is 2. The first-order valence-electron chi connectivity index (χ1n) is 9.85. The number of ether oxygens (including phenoxy) is 1. The molecule has 6 nitrogen and oxygen atoms in total. The van der Waals surface area contributed by atoms with Gasteiger partial charge in [0.15, 0.2) is 5.16 Å². The van der Waals surface area contributed by atoms with Crippen molar-refractivity contribution in [2.75, 3.05) is 12.4 Å². The van der Waals surface area contributed by atoms with Crippen LogP contribution in [-0.2, 0) is 4.79 Å². The number of halogens is 1. The summed E-state index contributed by atoms with van der Waals surface area (Å²) in [5, 5.41) is 3.85. The van der Waals surface area contributed by atoms with E-state index in [0.29, 0.717) is 38.2 Å². The van der Waals surface area contributed by atoms with Crippen molar-refractivity contribution in [3.8, 4) is 11.4 Å². The van der Waals surface area contributed by atoms with E-state index >= 15 is 0 Å². The lowest BCUT2D eigenvalue weighted by atomic mass is 10.2. The molecule has 0 bridgehead atoms. The number of amides is 1. The van der Waals surface area contributed by atoms with Crippen molar-refractivity contribution in [1.82, 2.24) is 9.55 Å². The Balaban J connectivity index is 1.72. The number of hydrogen-bond acceptors (Lipinski definition) is 5. The third-order valence-corrected chi connectivity index (χ3v) is 6.12. The fourth-order valence-electron chi connectivity index (χ4n) is 3.16. The van der Waals surface area contributed by atoms with E-state index < -0.39 is 5.25 Å². The minimum absolute atomic E-state index is 0.211. The standard InChI is InChI=1S/C24H20ClN3O3S/c1-15(22(29)26-17-12-10-16(25)11-13-17)32-24-27-21-9-4-3-8-20(21)23(30)28(24)18-6-5-7-19(14-18)31-2/h3-15H,1-2H3,(H,26,29). The fourth-order valence-corrected chi connectivity index (χ4v) is 4.21. The van der Waals surface area contributed by atoms with Crippen molar-refractivity contribution >= 4 is 45.9 Å². The van der Waals surface area contributed by atoms with E-state index in [9.17, 15) is 9.59 Å². The monoisotopic (exact) mass is 465 g/mol. The zero-order valence-electron chi connectivity index (χ0n) is 17.4. The number of anilines is 1. The molecular weight excluding hydrogens is 446 g/mol. The molecule has 0 spiro atoms. The third kappa shape index (κ3) is 4.64. The van der Waals surface area contributed by atoms with Crippen LogP contribution in [-0.4, -0.2) is 27.8 Å². The van der Waals surface area contributed by atoms with Crippen LogP contribution in [0, 0.1) is 0 Å². The highest BCUT2D eigenvalue weighted by atomic mass is 35.5. The molecule has 0 aliphatic carbocycles. The lowest BCUT2D eigenvalue weighted by Crippen LogP contribution is -2.26. The first kappa shape index (κ1) is 21.9. The maximum atomic E-state index is 13.4. The van der Waals surface area contributed by atoms with Crippen LogP contribution < -0.4 is 15.6 Å². The average molecular weight is 466 g/mol. The molecule has 8 heteroatoms. The van der Waals surface area contributed by atoms with Gasteiger partial charge in [-0.1, -0.05) is 41.6 Å². The largest absolute Gasteiger partial charge is 0.497 e. The fraction of sp³-hybridized carbons (Fsp3) is 0.125. The maximum absolute atomic E-state index is 13.4. The molecule has 1 unspecified atom stereocenters. The van der Waals surface area contributed by atoms with Crippen LogP contribution in [0.5, 0.6) is 5.75 Å². The van der Waals surface area contributed by atoms with Crippen molar-refractivity contribution in [1.29, 1.82) is 0 Å². The Hall–Kier alpha value is -3.29. The third-order valence-electron chi connectivity index (χ3n) is 4.82. The topological polar surface area (TPSA) is 73.2 Å². The summed E-state index contributed by atoms with van der Waals surface area (Å²) in [5.74, 6) is 0.406. The van der Waals surface area contributed by atoms with Gasteiger partial charge in [-0.2, -0.15) is 0 Å². The molecule has 1 aromatic heterocycles.